The number of benzene rings is 2. The third-order valence-electron chi connectivity index (χ3n) is 6.92. The molecule has 2 heteroatoms. The van der Waals surface area contributed by atoms with E-state index in [2.05, 4.69) is 78.8 Å². The second-order valence-corrected chi connectivity index (χ2v) is 11.0. The fourth-order valence-corrected chi connectivity index (χ4v) is 4.09. The molecule has 0 aromatic heterocycles. The van der Waals surface area contributed by atoms with Gasteiger partial charge in [0.2, 0.25) is 0 Å². The van der Waals surface area contributed by atoms with Crippen LogP contribution in [0, 0.1) is 12.8 Å². The Labute approximate surface area is 223 Å². The summed E-state index contributed by atoms with van der Waals surface area (Å²) in [5.41, 5.74) is 6.31. The zero-order chi connectivity index (χ0) is 26.9. The Balaban J connectivity index is 0.000000305. The van der Waals surface area contributed by atoms with Crippen molar-refractivity contribution in [2.75, 3.05) is 0 Å². The Hall–Kier alpha value is -2.22. The predicted octanol–water partition coefficient (Wildman–Crippen LogP) is 10.8. The van der Waals surface area contributed by atoms with Crippen LogP contribution in [0.5, 0.6) is 0 Å². The number of carbonyl (C=O) groups is 1. The van der Waals surface area contributed by atoms with E-state index in [4.69, 9.17) is 4.99 Å². The highest BCUT2D eigenvalue weighted by Crippen LogP contribution is 2.25. The molecule has 0 amide bonds. The number of Topliss-reactive ketones (excluding diaryl/α,β-unsaturated/α-hetero) is 1. The van der Waals surface area contributed by atoms with Gasteiger partial charge in [0.05, 0.1) is 5.69 Å². The summed E-state index contributed by atoms with van der Waals surface area (Å²) in [7, 11) is 0. The number of aliphatic imine (C=N–C) groups is 1. The van der Waals surface area contributed by atoms with E-state index in [0.29, 0.717) is 24.0 Å². The van der Waals surface area contributed by atoms with Crippen LogP contribution in [-0.4, -0.2) is 11.5 Å². The van der Waals surface area contributed by atoms with Gasteiger partial charge in [-0.3, -0.25) is 9.79 Å². The van der Waals surface area contributed by atoms with Gasteiger partial charge in [0.25, 0.3) is 0 Å². The van der Waals surface area contributed by atoms with E-state index in [1.165, 1.54) is 54.5 Å². The van der Waals surface area contributed by atoms with Crippen LogP contribution >= 0.6 is 0 Å². The van der Waals surface area contributed by atoms with E-state index in [-0.39, 0.29) is 0 Å². The molecule has 0 bridgehead atoms. The number of nitrogens with zero attached hydrogens (tertiary/aromatic N) is 1. The first-order chi connectivity index (χ1) is 17.2. The Morgan fingerprint density at radius 3 is 2.06 bits per heavy atom. The van der Waals surface area contributed by atoms with E-state index in [0.717, 1.165) is 30.9 Å². The Morgan fingerprint density at radius 1 is 0.944 bits per heavy atom. The van der Waals surface area contributed by atoms with Crippen LogP contribution in [0.4, 0.5) is 5.69 Å². The van der Waals surface area contributed by atoms with Crippen molar-refractivity contribution in [3.8, 4) is 0 Å². The van der Waals surface area contributed by atoms with Crippen molar-refractivity contribution in [2.24, 2.45) is 10.9 Å². The number of hydrogen-bond acceptors (Lipinski definition) is 2. The first-order valence-electron chi connectivity index (χ1n) is 14.4. The summed E-state index contributed by atoms with van der Waals surface area (Å²) >= 11 is 0. The number of unbranched alkanes of at least 4 members (excludes halogenated alkanes) is 1. The molecule has 1 fully saturated rings. The van der Waals surface area contributed by atoms with Crippen molar-refractivity contribution in [1.29, 1.82) is 0 Å². The molecule has 0 spiro atoms. The number of rotatable bonds is 10. The summed E-state index contributed by atoms with van der Waals surface area (Å²) in [6.07, 6.45) is 10.4. The molecule has 1 atom stereocenters. The zero-order valence-corrected chi connectivity index (χ0v) is 24.6. The van der Waals surface area contributed by atoms with Crippen molar-refractivity contribution in [1.82, 2.24) is 0 Å². The molecule has 1 unspecified atom stereocenters. The Morgan fingerprint density at radius 2 is 1.58 bits per heavy atom. The van der Waals surface area contributed by atoms with Gasteiger partial charge in [0, 0.05) is 18.6 Å². The first-order valence-corrected chi connectivity index (χ1v) is 14.4. The lowest BCUT2D eigenvalue weighted by Crippen LogP contribution is -2.04. The van der Waals surface area contributed by atoms with Crippen molar-refractivity contribution in [3.63, 3.8) is 0 Å². The van der Waals surface area contributed by atoms with Gasteiger partial charge in [0.1, 0.15) is 5.78 Å². The van der Waals surface area contributed by atoms with Gasteiger partial charge in [-0.2, -0.15) is 0 Å². The topological polar surface area (TPSA) is 29.4 Å². The maximum Gasteiger partial charge on any atom is 0.133 e. The Bertz CT molecular complexity index is 893. The van der Waals surface area contributed by atoms with Crippen LogP contribution in [0.25, 0.3) is 0 Å². The van der Waals surface area contributed by atoms with Crippen molar-refractivity contribution >= 4 is 17.2 Å². The van der Waals surface area contributed by atoms with Gasteiger partial charge in [-0.25, -0.2) is 0 Å². The van der Waals surface area contributed by atoms with Crippen LogP contribution < -0.4 is 0 Å². The van der Waals surface area contributed by atoms with E-state index >= 15 is 0 Å². The smallest absolute Gasteiger partial charge is 0.133 e. The minimum atomic E-state index is 0.357. The summed E-state index contributed by atoms with van der Waals surface area (Å²) in [6, 6.07) is 16.8. The highest BCUT2D eigenvalue weighted by atomic mass is 16.1. The molecule has 1 saturated carbocycles. The summed E-state index contributed by atoms with van der Waals surface area (Å²) in [6.45, 7) is 17.4. The lowest BCUT2D eigenvalue weighted by Gasteiger charge is -2.18. The second-order valence-electron chi connectivity index (χ2n) is 11.0. The molecule has 0 saturated heterocycles. The molecule has 3 rings (SSSR count). The van der Waals surface area contributed by atoms with Gasteiger partial charge < -0.3 is 0 Å². The highest BCUT2D eigenvalue weighted by Gasteiger charge is 2.10. The third-order valence-corrected chi connectivity index (χ3v) is 6.92. The zero-order valence-electron chi connectivity index (χ0n) is 24.6. The fourth-order valence-electron chi connectivity index (χ4n) is 4.09. The van der Waals surface area contributed by atoms with E-state index in [1.54, 1.807) is 0 Å². The van der Waals surface area contributed by atoms with Crippen LogP contribution in [0.15, 0.2) is 53.5 Å². The average Bonchev–Trinajstić information content (AvgIpc) is 2.84. The standard InChI is InChI=1S/C16H25N.C13H18O.C5H10/c1-6-7-8-14(5)17-16-10-9-15(12(2)3)11-13(16)4;1-3-7-13(14)10-11(2)12-8-5-4-6-9-12;1-5-3-2-4-5/h9-12H,6-8H2,1-5H3;4-6,8-9,11H,3,7,10H2,1-2H3;5H,2-4H2,1H3. The monoisotopic (exact) mass is 491 g/mol. The molecule has 2 aromatic carbocycles. The molecule has 2 nitrogen and oxygen atoms in total. The Kier molecular flexibility index (Phi) is 16.0. The van der Waals surface area contributed by atoms with Gasteiger partial charge in [-0.05, 0) is 73.6 Å². The molecule has 0 N–H and O–H groups in total. The molecular formula is C34H53NO. The fraction of sp³-hybridized carbons (Fsp3) is 0.588. The number of carbonyl (C=O) groups excluding carboxylic acids is 1. The molecule has 200 valence electrons. The molecule has 0 radical (unpaired) electrons. The lowest BCUT2D eigenvalue weighted by molar-refractivity contribution is -0.119. The summed E-state index contributed by atoms with van der Waals surface area (Å²) < 4.78 is 0. The van der Waals surface area contributed by atoms with Crippen LogP contribution in [0.3, 0.4) is 0 Å². The summed E-state index contributed by atoms with van der Waals surface area (Å²) in [5.74, 6) is 2.39. The lowest BCUT2D eigenvalue weighted by atomic mass is 9.88. The molecule has 0 aliphatic heterocycles. The number of aryl methyl sites for hydroxylation is 1. The van der Waals surface area contributed by atoms with E-state index < -0.39 is 0 Å². The van der Waals surface area contributed by atoms with E-state index in [9.17, 15) is 4.79 Å². The number of hydrogen-bond donors (Lipinski definition) is 0. The van der Waals surface area contributed by atoms with Crippen LogP contribution in [0.2, 0.25) is 0 Å². The van der Waals surface area contributed by atoms with Gasteiger partial charge in [-0.15, -0.1) is 0 Å². The van der Waals surface area contributed by atoms with Crippen LogP contribution in [-0.2, 0) is 4.79 Å². The van der Waals surface area contributed by atoms with Gasteiger partial charge >= 0.3 is 0 Å². The SMILES string of the molecule is CC1CCC1.CCCC(=O)CC(C)c1ccccc1.CCCCC(C)=Nc1ccc(C(C)C)cc1C. The second kappa shape index (κ2) is 18.1. The molecular weight excluding hydrogens is 438 g/mol. The van der Waals surface area contributed by atoms with Gasteiger partial charge in [-0.1, -0.05) is 110 Å². The van der Waals surface area contributed by atoms with Crippen molar-refractivity contribution in [2.45, 2.75) is 125 Å². The van der Waals surface area contributed by atoms with Crippen LogP contribution in [0.1, 0.15) is 135 Å². The maximum atomic E-state index is 11.4. The molecule has 1 aliphatic carbocycles. The normalized spacial score (nSPS) is 14.2. The minimum absolute atomic E-state index is 0.357. The predicted molar refractivity (Wildman–Crippen MR) is 160 cm³/mol. The highest BCUT2D eigenvalue weighted by molar-refractivity contribution is 5.85. The van der Waals surface area contributed by atoms with Crippen molar-refractivity contribution in [3.05, 3.63) is 65.2 Å². The quantitative estimate of drug-likeness (QED) is 0.304. The number of ketones is 1. The summed E-state index contributed by atoms with van der Waals surface area (Å²) in [4.78, 5) is 16.1. The third kappa shape index (κ3) is 13.2. The molecule has 0 heterocycles. The average molecular weight is 492 g/mol. The molecule has 1 aliphatic rings. The maximum absolute atomic E-state index is 11.4. The van der Waals surface area contributed by atoms with Gasteiger partial charge in [0.15, 0.2) is 0 Å². The van der Waals surface area contributed by atoms with Crippen molar-refractivity contribution < 1.29 is 4.79 Å². The molecule has 36 heavy (non-hydrogen) atoms. The minimum Gasteiger partial charge on any atom is -0.300 e. The largest absolute Gasteiger partial charge is 0.300 e. The first kappa shape index (κ1) is 31.8. The summed E-state index contributed by atoms with van der Waals surface area (Å²) in [5, 5.41) is 0. The molecule has 2 aromatic rings. The van der Waals surface area contributed by atoms with E-state index in [1.807, 2.05) is 25.1 Å².